The summed E-state index contributed by atoms with van der Waals surface area (Å²) in [6.45, 7) is 1.49. The van der Waals surface area contributed by atoms with Gasteiger partial charge in [-0.05, 0) is 37.3 Å². The third kappa shape index (κ3) is 4.91. The van der Waals surface area contributed by atoms with Gasteiger partial charge in [0, 0.05) is 27.3 Å². The number of thiazole rings is 1. The first-order valence-electron chi connectivity index (χ1n) is 7.87. The van der Waals surface area contributed by atoms with E-state index in [2.05, 4.69) is 15.6 Å². The Morgan fingerprint density at radius 2 is 1.88 bits per heavy atom. The number of halogens is 1. The molecular formula is C19H16ClN3O2S. The van der Waals surface area contributed by atoms with E-state index >= 15 is 0 Å². The van der Waals surface area contributed by atoms with Crippen molar-refractivity contribution >= 4 is 51.1 Å². The van der Waals surface area contributed by atoms with Gasteiger partial charge in [0.1, 0.15) is 0 Å². The smallest absolute Gasteiger partial charge is 0.230 e. The van der Waals surface area contributed by atoms with Crippen molar-refractivity contribution in [2.75, 3.05) is 10.6 Å². The first kappa shape index (κ1) is 18.1. The van der Waals surface area contributed by atoms with Crippen LogP contribution in [0.2, 0.25) is 5.02 Å². The second kappa shape index (κ2) is 8.12. The number of Topliss-reactive ketones (excluding diaryl/α,β-unsaturated/α-hetero) is 1. The molecule has 1 aromatic heterocycles. The van der Waals surface area contributed by atoms with E-state index in [4.69, 9.17) is 11.6 Å². The summed E-state index contributed by atoms with van der Waals surface area (Å²) in [5.41, 5.74) is 2.66. The van der Waals surface area contributed by atoms with Crippen molar-refractivity contribution in [2.24, 2.45) is 0 Å². The summed E-state index contributed by atoms with van der Waals surface area (Å²) in [5.74, 6) is -0.234. The number of nitrogens with zero attached hydrogens (tertiary/aromatic N) is 1. The lowest BCUT2D eigenvalue weighted by Crippen LogP contribution is -2.14. The van der Waals surface area contributed by atoms with E-state index in [0.29, 0.717) is 27.1 Å². The maximum absolute atomic E-state index is 12.2. The molecule has 0 saturated carbocycles. The van der Waals surface area contributed by atoms with Crippen LogP contribution in [-0.4, -0.2) is 16.7 Å². The topological polar surface area (TPSA) is 71.1 Å². The molecule has 0 fully saturated rings. The third-order valence-corrected chi connectivity index (χ3v) is 4.56. The summed E-state index contributed by atoms with van der Waals surface area (Å²) in [6.07, 6.45) is 0.151. The number of ketones is 1. The highest BCUT2D eigenvalue weighted by atomic mass is 35.5. The van der Waals surface area contributed by atoms with Gasteiger partial charge < -0.3 is 10.6 Å². The molecule has 2 aromatic carbocycles. The maximum atomic E-state index is 12.2. The minimum absolute atomic E-state index is 0.0441. The molecule has 1 amide bonds. The Morgan fingerprint density at radius 1 is 1.12 bits per heavy atom. The molecule has 0 aliphatic rings. The zero-order valence-electron chi connectivity index (χ0n) is 14.0. The molecule has 7 heteroatoms. The van der Waals surface area contributed by atoms with E-state index in [0.717, 1.165) is 5.69 Å². The highest BCUT2D eigenvalue weighted by Gasteiger charge is 2.09. The number of benzene rings is 2. The molecule has 5 nitrogen and oxygen atoms in total. The maximum Gasteiger partial charge on any atom is 0.230 e. The summed E-state index contributed by atoms with van der Waals surface area (Å²) in [4.78, 5) is 28.0. The molecule has 3 rings (SSSR count). The molecular weight excluding hydrogens is 370 g/mol. The van der Waals surface area contributed by atoms with Gasteiger partial charge in [0.15, 0.2) is 10.9 Å². The van der Waals surface area contributed by atoms with Crippen molar-refractivity contribution in [3.8, 4) is 0 Å². The summed E-state index contributed by atoms with van der Waals surface area (Å²) in [5, 5.41) is 9.11. The largest absolute Gasteiger partial charge is 0.331 e. The molecule has 0 aliphatic heterocycles. The Balaban J connectivity index is 1.61. The van der Waals surface area contributed by atoms with Crippen LogP contribution in [0.3, 0.4) is 0 Å². The van der Waals surface area contributed by atoms with Gasteiger partial charge in [-0.3, -0.25) is 9.59 Å². The summed E-state index contributed by atoms with van der Waals surface area (Å²) >= 11 is 7.38. The first-order valence-corrected chi connectivity index (χ1v) is 9.13. The van der Waals surface area contributed by atoms with Crippen LogP contribution < -0.4 is 10.6 Å². The van der Waals surface area contributed by atoms with Crippen LogP contribution in [0.25, 0.3) is 0 Å². The van der Waals surface area contributed by atoms with Crippen LogP contribution in [-0.2, 0) is 11.2 Å². The van der Waals surface area contributed by atoms with E-state index in [1.165, 1.54) is 18.3 Å². The Labute approximate surface area is 160 Å². The van der Waals surface area contributed by atoms with E-state index in [1.54, 1.807) is 36.4 Å². The summed E-state index contributed by atoms with van der Waals surface area (Å²) in [6, 6.07) is 14.2. The molecule has 1 heterocycles. The van der Waals surface area contributed by atoms with E-state index in [1.807, 2.05) is 17.5 Å². The van der Waals surface area contributed by atoms with Crippen molar-refractivity contribution in [1.29, 1.82) is 0 Å². The molecule has 0 atom stereocenters. The average molecular weight is 386 g/mol. The predicted molar refractivity (Wildman–Crippen MR) is 106 cm³/mol. The fraction of sp³-hybridized carbons (Fsp3) is 0.105. The van der Waals surface area contributed by atoms with Gasteiger partial charge in [0.2, 0.25) is 5.91 Å². The minimum atomic E-state index is -0.190. The van der Waals surface area contributed by atoms with Crippen LogP contribution in [0.1, 0.15) is 23.0 Å². The number of aromatic nitrogens is 1. The SMILES string of the molecule is CC(=O)c1cccc(NC(=O)Cc2csc(Nc3cccc(Cl)c3)n2)c1. The fourth-order valence-electron chi connectivity index (χ4n) is 2.32. The van der Waals surface area contributed by atoms with Crippen molar-refractivity contribution in [3.63, 3.8) is 0 Å². The van der Waals surface area contributed by atoms with Gasteiger partial charge in [-0.25, -0.2) is 4.98 Å². The number of amides is 1. The Kier molecular flexibility index (Phi) is 5.65. The van der Waals surface area contributed by atoms with Gasteiger partial charge in [-0.1, -0.05) is 29.8 Å². The zero-order chi connectivity index (χ0) is 18.5. The number of carbonyl (C=O) groups excluding carboxylic acids is 2. The minimum Gasteiger partial charge on any atom is -0.331 e. The van der Waals surface area contributed by atoms with E-state index < -0.39 is 0 Å². The number of nitrogens with one attached hydrogen (secondary N) is 2. The fourth-order valence-corrected chi connectivity index (χ4v) is 3.24. The summed E-state index contributed by atoms with van der Waals surface area (Å²) < 4.78 is 0. The van der Waals surface area contributed by atoms with Crippen LogP contribution in [0, 0.1) is 0 Å². The molecule has 0 bridgehead atoms. The lowest BCUT2D eigenvalue weighted by Gasteiger charge is -2.05. The molecule has 132 valence electrons. The molecule has 0 saturated heterocycles. The molecule has 0 unspecified atom stereocenters. The molecule has 2 N–H and O–H groups in total. The summed E-state index contributed by atoms with van der Waals surface area (Å²) in [7, 11) is 0. The molecule has 3 aromatic rings. The number of hydrogen-bond acceptors (Lipinski definition) is 5. The van der Waals surface area contributed by atoms with Gasteiger partial charge in [0.05, 0.1) is 12.1 Å². The highest BCUT2D eigenvalue weighted by molar-refractivity contribution is 7.13. The zero-order valence-corrected chi connectivity index (χ0v) is 15.5. The van der Waals surface area contributed by atoms with E-state index in [-0.39, 0.29) is 18.1 Å². The van der Waals surface area contributed by atoms with Gasteiger partial charge in [0.25, 0.3) is 0 Å². The van der Waals surface area contributed by atoms with Crippen molar-refractivity contribution in [3.05, 3.63) is 70.2 Å². The normalized spacial score (nSPS) is 10.4. The number of rotatable bonds is 6. The van der Waals surface area contributed by atoms with Crippen LogP contribution >= 0.6 is 22.9 Å². The van der Waals surface area contributed by atoms with Gasteiger partial charge >= 0.3 is 0 Å². The number of anilines is 3. The lowest BCUT2D eigenvalue weighted by atomic mass is 10.1. The Hall–Kier alpha value is -2.70. The quantitative estimate of drug-likeness (QED) is 0.590. The standard InChI is InChI=1S/C19H16ClN3O2S/c1-12(24)13-4-2-6-15(8-13)21-18(25)10-17-11-26-19(23-17)22-16-7-3-5-14(20)9-16/h2-9,11H,10H2,1H3,(H,21,25)(H,22,23). The van der Waals surface area contributed by atoms with Crippen LogP contribution in [0.15, 0.2) is 53.9 Å². The Morgan fingerprint density at radius 3 is 2.65 bits per heavy atom. The van der Waals surface area contributed by atoms with Crippen LogP contribution in [0.4, 0.5) is 16.5 Å². The third-order valence-electron chi connectivity index (χ3n) is 3.52. The average Bonchev–Trinajstić information content (AvgIpc) is 3.01. The highest BCUT2D eigenvalue weighted by Crippen LogP contribution is 2.23. The van der Waals surface area contributed by atoms with Crippen molar-refractivity contribution in [1.82, 2.24) is 4.98 Å². The lowest BCUT2D eigenvalue weighted by molar-refractivity contribution is -0.115. The van der Waals surface area contributed by atoms with Crippen LogP contribution in [0.5, 0.6) is 0 Å². The Bertz CT molecular complexity index is 955. The molecule has 0 radical (unpaired) electrons. The predicted octanol–water partition coefficient (Wildman–Crippen LogP) is 4.92. The molecule has 0 spiro atoms. The van der Waals surface area contributed by atoms with Gasteiger partial charge in [-0.2, -0.15) is 0 Å². The molecule has 0 aliphatic carbocycles. The molecule has 26 heavy (non-hydrogen) atoms. The van der Waals surface area contributed by atoms with Gasteiger partial charge in [-0.15, -0.1) is 11.3 Å². The van der Waals surface area contributed by atoms with E-state index in [9.17, 15) is 9.59 Å². The number of carbonyl (C=O) groups is 2. The second-order valence-electron chi connectivity index (χ2n) is 5.64. The number of hydrogen-bond donors (Lipinski definition) is 2. The van der Waals surface area contributed by atoms with Crippen molar-refractivity contribution in [2.45, 2.75) is 13.3 Å². The first-order chi connectivity index (χ1) is 12.5. The second-order valence-corrected chi connectivity index (χ2v) is 6.94. The van der Waals surface area contributed by atoms with Crippen molar-refractivity contribution < 1.29 is 9.59 Å². The monoisotopic (exact) mass is 385 g/mol.